The molecule has 90 valence electrons. The molecule has 1 spiro atoms. The van der Waals surface area contributed by atoms with E-state index in [0.29, 0.717) is 12.2 Å². The van der Waals surface area contributed by atoms with Gasteiger partial charge in [-0.1, -0.05) is 18.2 Å². The molecule has 0 aromatic heterocycles. The number of carbonyl (C=O) groups excluding carboxylic acids is 1. The van der Waals surface area contributed by atoms with Gasteiger partial charge in [-0.3, -0.25) is 4.79 Å². The van der Waals surface area contributed by atoms with Gasteiger partial charge in [-0.05, 0) is 38.1 Å². The number of anilines is 1. The number of Topliss-reactive ketones (excluding diaryl/α,β-unsaturated/α-hetero) is 1. The van der Waals surface area contributed by atoms with Crippen LogP contribution in [0.15, 0.2) is 30.3 Å². The average Bonchev–Trinajstić information content (AvgIpc) is 2.69. The Balaban J connectivity index is 1.96. The number of nitrogens with one attached hydrogen (secondary N) is 1. The first-order valence-corrected chi connectivity index (χ1v) is 6.40. The number of benzene rings is 1. The van der Waals surface area contributed by atoms with Crippen LogP contribution in [0.4, 0.5) is 5.69 Å². The minimum atomic E-state index is -0.216. The molecule has 3 rings (SSSR count). The third kappa shape index (κ3) is 1.65. The molecule has 2 heterocycles. The molecule has 1 aromatic rings. The molecular weight excluding hydrogens is 212 g/mol. The Labute approximate surface area is 102 Å². The zero-order valence-electron chi connectivity index (χ0n) is 9.98. The van der Waals surface area contributed by atoms with Gasteiger partial charge in [-0.2, -0.15) is 0 Å². The van der Waals surface area contributed by atoms with E-state index in [0.717, 1.165) is 32.5 Å². The van der Waals surface area contributed by atoms with E-state index in [9.17, 15) is 4.79 Å². The quantitative estimate of drug-likeness (QED) is 0.795. The van der Waals surface area contributed by atoms with Crippen molar-refractivity contribution < 1.29 is 4.79 Å². The Kier molecular flexibility index (Phi) is 2.63. The second-order valence-corrected chi connectivity index (χ2v) is 4.94. The number of ketones is 1. The van der Waals surface area contributed by atoms with Crippen LogP contribution in [-0.4, -0.2) is 31.0 Å². The predicted molar refractivity (Wildman–Crippen MR) is 68.2 cm³/mol. The van der Waals surface area contributed by atoms with Gasteiger partial charge >= 0.3 is 0 Å². The van der Waals surface area contributed by atoms with E-state index >= 15 is 0 Å². The summed E-state index contributed by atoms with van der Waals surface area (Å²) >= 11 is 0. The molecule has 0 radical (unpaired) electrons. The van der Waals surface area contributed by atoms with E-state index in [1.807, 2.05) is 18.2 Å². The van der Waals surface area contributed by atoms with Gasteiger partial charge in [0.2, 0.25) is 0 Å². The zero-order valence-corrected chi connectivity index (χ0v) is 9.98. The molecule has 0 bridgehead atoms. The molecule has 0 unspecified atom stereocenters. The molecule has 0 saturated carbocycles. The Bertz CT molecular complexity index is 409. The molecule has 2 aliphatic heterocycles. The van der Waals surface area contributed by atoms with Gasteiger partial charge in [0, 0.05) is 18.7 Å². The highest BCUT2D eigenvalue weighted by atomic mass is 16.1. The highest BCUT2D eigenvalue weighted by Crippen LogP contribution is 2.37. The first kappa shape index (κ1) is 10.8. The SMILES string of the molecule is O=C1CCN(c2ccccc2)C12CCNCC2. The lowest BCUT2D eigenvalue weighted by Gasteiger charge is -2.41. The van der Waals surface area contributed by atoms with Crippen molar-refractivity contribution in [2.45, 2.75) is 24.8 Å². The van der Waals surface area contributed by atoms with E-state index in [1.54, 1.807) is 0 Å². The van der Waals surface area contributed by atoms with E-state index in [-0.39, 0.29) is 5.54 Å². The van der Waals surface area contributed by atoms with Gasteiger partial charge in [0.25, 0.3) is 0 Å². The predicted octanol–water partition coefficient (Wildman–Crippen LogP) is 1.59. The highest BCUT2D eigenvalue weighted by molar-refractivity contribution is 5.95. The molecular formula is C14H18N2O. The molecule has 1 N–H and O–H groups in total. The largest absolute Gasteiger partial charge is 0.358 e. The Morgan fingerprint density at radius 1 is 1.12 bits per heavy atom. The third-order valence-electron chi connectivity index (χ3n) is 4.10. The molecule has 0 atom stereocenters. The van der Waals surface area contributed by atoms with Gasteiger partial charge in [0.15, 0.2) is 5.78 Å². The molecule has 2 fully saturated rings. The van der Waals surface area contributed by atoms with Gasteiger partial charge in [-0.15, -0.1) is 0 Å². The average molecular weight is 230 g/mol. The van der Waals surface area contributed by atoms with Crippen molar-refractivity contribution in [1.29, 1.82) is 0 Å². The maximum absolute atomic E-state index is 12.3. The molecule has 0 amide bonds. The summed E-state index contributed by atoms with van der Waals surface area (Å²) in [5.41, 5.74) is 0.979. The van der Waals surface area contributed by atoms with Gasteiger partial charge in [0.1, 0.15) is 5.54 Å². The fraction of sp³-hybridized carbons (Fsp3) is 0.500. The summed E-state index contributed by atoms with van der Waals surface area (Å²) in [4.78, 5) is 14.6. The van der Waals surface area contributed by atoms with Crippen molar-refractivity contribution in [3.8, 4) is 0 Å². The van der Waals surface area contributed by atoms with Crippen molar-refractivity contribution in [3.05, 3.63) is 30.3 Å². The Morgan fingerprint density at radius 2 is 1.82 bits per heavy atom. The van der Waals surface area contributed by atoms with Crippen LogP contribution < -0.4 is 10.2 Å². The lowest BCUT2D eigenvalue weighted by Crippen LogP contribution is -2.55. The molecule has 17 heavy (non-hydrogen) atoms. The summed E-state index contributed by atoms with van der Waals surface area (Å²) in [6.07, 6.45) is 2.59. The van der Waals surface area contributed by atoms with Crippen molar-refractivity contribution in [3.63, 3.8) is 0 Å². The van der Waals surface area contributed by atoms with E-state index in [1.165, 1.54) is 5.69 Å². The van der Waals surface area contributed by atoms with Crippen LogP contribution in [0.1, 0.15) is 19.3 Å². The van der Waals surface area contributed by atoms with E-state index in [2.05, 4.69) is 22.3 Å². The fourth-order valence-corrected chi connectivity index (χ4v) is 3.18. The van der Waals surface area contributed by atoms with Crippen LogP contribution in [-0.2, 0) is 4.79 Å². The fourth-order valence-electron chi connectivity index (χ4n) is 3.18. The van der Waals surface area contributed by atoms with Crippen molar-refractivity contribution in [1.82, 2.24) is 5.32 Å². The van der Waals surface area contributed by atoms with Gasteiger partial charge in [0.05, 0.1) is 0 Å². The summed E-state index contributed by atoms with van der Waals surface area (Å²) < 4.78 is 0. The lowest BCUT2D eigenvalue weighted by atomic mass is 9.84. The number of para-hydroxylation sites is 1. The number of rotatable bonds is 1. The molecule has 0 aliphatic carbocycles. The number of nitrogens with zero attached hydrogens (tertiary/aromatic N) is 1. The van der Waals surface area contributed by atoms with Gasteiger partial charge in [-0.25, -0.2) is 0 Å². The highest BCUT2D eigenvalue weighted by Gasteiger charge is 2.48. The van der Waals surface area contributed by atoms with Crippen molar-refractivity contribution in [2.75, 3.05) is 24.5 Å². The number of hydrogen-bond acceptors (Lipinski definition) is 3. The Hall–Kier alpha value is -1.35. The minimum Gasteiger partial charge on any atom is -0.358 e. The second-order valence-electron chi connectivity index (χ2n) is 4.94. The molecule has 2 aliphatic rings. The molecule has 2 saturated heterocycles. The van der Waals surface area contributed by atoms with Crippen molar-refractivity contribution >= 4 is 11.5 Å². The first-order valence-electron chi connectivity index (χ1n) is 6.40. The first-order chi connectivity index (χ1) is 8.33. The number of hydrogen-bond donors (Lipinski definition) is 1. The molecule has 1 aromatic carbocycles. The lowest BCUT2D eigenvalue weighted by molar-refractivity contribution is -0.122. The number of carbonyl (C=O) groups is 1. The smallest absolute Gasteiger partial charge is 0.160 e. The monoisotopic (exact) mass is 230 g/mol. The van der Waals surface area contributed by atoms with Crippen molar-refractivity contribution in [2.24, 2.45) is 0 Å². The van der Waals surface area contributed by atoms with E-state index < -0.39 is 0 Å². The topological polar surface area (TPSA) is 32.3 Å². The summed E-state index contributed by atoms with van der Waals surface area (Å²) in [6, 6.07) is 10.3. The van der Waals surface area contributed by atoms with Crippen LogP contribution >= 0.6 is 0 Å². The summed E-state index contributed by atoms with van der Waals surface area (Å²) in [6.45, 7) is 2.78. The minimum absolute atomic E-state index is 0.216. The molecule has 3 nitrogen and oxygen atoms in total. The normalized spacial score (nSPS) is 23.3. The Morgan fingerprint density at radius 3 is 2.53 bits per heavy atom. The van der Waals surface area contributed by atoms with E-state index in [4.69, 9.17) is 0 Å². The van der Waals surface area contributed by atoms with Crippen LogP contribution in [0.2, 0.25) is 0 Å². The van der Waals surface area contributed by atoms with Crippen LogP contribution in [0.3, 0.4) is 0 Å². The van der Waals surface area contributed by atoms with Gasteiger partial charge < -0.3 is 10.2 Å². The zero-order chi connectivity index (χ0) is 11.7. The number of piperidine rings is 1. The second kappa shape index (κ2) is 4.15. The van der Waals surface area contributed by atoms with Crippen LogP contribution in [0, 0.1) is 0 Å². The third-order valence-corrected chi connectivity index (χ3v) is 4.10. The molecule has 3 heteroatoms. The van der Waals surface area contributed by atoms with Crippen LogP contribution in [0.5, 0.6) is 0 Å². The maximum Gasteiger partial charge on any atom is 0.160 e. The summed E-state index contributed by atoms with van der Waals surface area (Å²) in [7, 11) is 0. The van der Waals surface area contributed by atoms with Crippen LogP contribution in [0.25, 0.3) is 0 Å². The maximum atomic E-state index is 12.3. The summed E-state index contributed by atoms with van der Waals surface area (Å²) in [5.74, 6) is 0.433. The summed E-state index contributed by atoms with van der Waals surface area (Å²) in [5, 5.41) is 3.35. The standard InChI is InChI=1S/C14H18N2O/c17-13-6-11-16(12-4-2-1-3-5-12)14(13)7-9-15-10-8-14/h1-5,15H,6-11H2.